The number of nitrogens with zero attached hydrogens (tertiary/aromatic N) is 2. The standard InChI is InChI=1S/C33H30BrN3O3/c1-19-7-12-28-25(13-19)31-30(33(38)39-28)29(32(40-31)35-24-5-3-2-4-6-24)20-8-10-26-21(14-20)16-36-18-37(26)17-22-15-23(34)9-11-27(22)36/h7-15,24,35H,2-6,16-18H2,1H3. The average Bonchev–Trinajstić information content (AvgIpc) is 3.33. The molecule has 1 fully saturated rings. The molecule has 40 heavy (non-hydrogen) atoms. The van der Waals surface area contributed by atoms with Gasteiger partial charge in [0.2, 0.25) is 5.88 Å². The molecule has 2 aromatic heterocycles. The number of aryl methyl sites for hydroxylation is 1. The molecule has 6 nitrogen and oxygen atoms in total. The minimum absolute atomic E-state index is 0.332. The number of nitrogens with one attached hydrogen (secondary N) is 1. The first-order valence-corrected chi connectivity index (χ1v) is 15.0. The van der Waals surface area contributed by atoms with Crippen molar-refractivity contribution in [1.29, 1.82) is 0 Å². The summed E-state index contributed by atoms with van der Waals surface area (Å²) in [4.78, 5) is 18.4. The second-order valence-electron chi connectivity index (χ2n) is 11.5. The summed E-state index contributed by atoms with van der Waals surface area (Å²) >= 11 is 3.64. The van der Waals surface area contributed by atoms with Crippen LogP contribution in [0.4, 0.5) is 17.3 Å². The molecule has 0 radical (unpaired) electrons. The zero-order chi connectivity index (χ0) is 27.0. The van der Waals surface area contributed by atoms with Crippen LogP contribution >= 0.6 is 15.9 Å². The zero-order valence-corrected chi connectivity index (χ0v) is 24.0. The molecule has 2 aliphatic heterocycles. The number of benzene rings is 3. The van der Waals surface area contributed by atoms with Crippen LogP contribution in [0.2, 0.25) is 0 Å². The molecule has 2 bridgehead atoms. The van der Waals surface area contributed by atoms with E-state index >= 15 is 0 Å². The first-order chi connectivity index (χ1) is 19.5. The van der Waals surface area contributed by atoms with Gasteiger partial charge in [-0.3, -0.25) is 0 Å². The Kier molecular flexibility index (Phi) is 5.53. The molecule has 7 heteroatoms. The average molecular weight is 597 g/mol. The van der Waals surface area contributed by atoms with Crippen LogP contribution in [-0.2, 0) is 13.1 Å². The summed E-state index contributed by atoms with van der Waals surface area (Å²) in [6.45, 7) is 4.60. The van der Waals surface area contributed by atoms with Crippen molar-refractivity contribution < 1.29 is 8.83 Å². The fraction of sp³-hybridized carbons (Fsp3) is 0.303. The van der Waals surface area contributed by atoms with Crippen molar-refractivity contribution in [3.05, 3.63) is 86.2 Å². The zero-order valence-electron chi connectivity index (χ0n) is 22.4. The van der Waals surface area contributed by atoms with Gasteiger partial charge in [-0.05, 0) is 78.9 Å². The molecule has 3 aromatic carbocycles. The second kappa shape index (κ2) is 9.16. The van der Waals surface area contributed by atoms with Crippen molar-refractivity contribution in [2.45, 2.75) is 58.2 Å². The summed E-state index contributed by atoms with van der Waals surface area (Å²) in [6, 6.07) is 19.3. The van der Waals surface area contributed by atoms with Crippen LogP contribution in [0.1, 0.15) is 48.8 Å². The third kappa shape index (κ3) is 3.85. The van der Waals surface area contributed by atoms with E-state index in [0.717, 1.165) is 59.1 Å². The molecule has 4 heterocycles. The molecular formula is C33H30BrN3O3. The summed E-state index contributed by atoms with van der Waals surface area (Å²) in [7, 11) is 0. The van der Waals surface area contributed by atoms with Crippen LogP contribution < -0.4 is 20.7 Å². The Morgan fingerprint density at radius 3 is 2.42 bits per heavy atom. The molecule has 5 aromatic rings. The molecule has 3 aliphatic rings. The minimum atomic E-state index is -0.358. The molecule has 1 aliphatic carbocycles. The van der Waals surface area contributed by atoms with Crippen molar-refractivity contribution in [3.63, 3.8) is 0 Å². The Morgan fingerprint density at radius 2 is 1.62 bits per heavy atom. The summed E-state index contributed by atoms with van der Waals surface area (Å²) in [5, 5.41) is 5.06. The van der Waals surface area contributed by atoms with Gasteiger partial charge in [-0.2, -0.15) is 0 Å². The Bertz CT molecular complexity index is 1870. The summed E-state index contributed by atoms with van der Waals surface area (Å²) in [5.74, 6) is 0.676. The fourth-order valence-corrected chi connectivity index (χ4v) is 7.30. The van der Waals surface area contributed by atoms with Crippen molar-refractivity contribution in [3.8, 4) is 11.1 Å². The quantitative estimate of drug-likeness (QED) is 0.212. The molecule has 1 N–H and O–H groups in total. The predicted octanol–water partition coefficient (Wildman–Crippen LogP) is 8.32. The summed E-state index contributed by atoms with van der Waals surface area (Å²) in [6.07, 6.45) is 5.90. The third-order valence-corrected chi connectivity index (χ3v) is 9.28. The predicted molar refractivity (Wildman–Crippen MR) is 164 cm³/mol. The number of hydrogen-bond acceptors (Lipinski definition) is 6. The van der Waals surface area contributed by atoms with E-state index in [1.165, 1.54) is 41.8 Å². The van der Waals surface area contributed by atoms with Crippen molar-refractivity contribution in [2.75, 3.05) is 21.8 Å². The monoisotopic (exact) mass is 595 g/mol. The molecule has 0 unspecified atom stereocenters. The lowest BCUT2D eigenvalue weighted by atomic mass is 9.94. The van der Waals surface area contributed by atoms with Gasteiger partial charge in [-0.15, -0.1) is 0 Å². The second-order valence-corrected chi connectivity index (χ2v) is 12.4. The van der Waals surface area contributed by atoms with Gasteiger partial charge >= 0.3 is 5.63 Å². The van der Waals surface area contributed by atoms with E-state index in [1.54, 1.807) is 0 Å². The van der Waals surface area contributed by atoms with Crippen LogP contribution in [0.5, 0.6) is 0 Å². The maximum Gasteiger partial charge on any atom is 0.348 e. The molecule has 202 valence electrons. The van der Waals surface area contributed by atoms with Crippen LogP contribution in [-0.4, -0.2) is 12.7 Å². The Hall–Kier alpha value is -3.71. The van der Waals surface area contributed by atoms with Gasteiger partial charge in [0.15, 0.2) is 5.58 Å². The van der Waals surface area contributed by atoms with E-state index in [-0.39, 0.29) is 5.63 Å². The molecule has 0 atom stereocenters. The minimum Gasteiger partial charge on any atom is -0.439 e. The first-order valence-electron chi connectivity index (χ1n) is 14.2. The number of furan rings is 1. The highest BCUT2D eigenvalue weighted by atomic mass is 79.9. The van der Waals surface area contributed by atoms with E-state index in [1.807, 2.05) is 25.1 Å². The van der Waals surface area contributed by atoms with Crippen molar-refractivity contribution in [2.24, 2.45) is 0 Å². The van der Waals surface area contributed by atoms with E-state index in [9.17, 15) is 4.79 Å². The lowest BCUT2D eigenvalue weighted by Crippen LogP contribution is -2.46. The smallest absolute Gasteiger partial charge is 0.348 e. The number of anilines is 3. The van der Waals surface area contributed by atoms with Gasteiger partial charge in [0.05, 0.1) is 17.6 Å². The number of halogens is 1. The van der Waals surface area contributed by atoms with Crippen LogP contribution in [0, 0.1) is 6.92 Å². The molecule has 1 saturated carbocycles. The van der Waals surface area contributed by atoms with Crippen molar-refractivity contribution >= 4 is 55.1 Å². The molecule has 0 amide bonds. The van der Waals surface area contributed by atoms with E-state index < -0.39 is 0 Å². The van der Waals surface area contributed by atoms with Gasteiger partial charge in [0, 0.05) is 35.0 Å². The Labute approximate surface area is 240 Å². The summed E-state index contributed by atoms with van der Waals surface area (Å²) < 4.78 is 13.5. The van der Waals surface area contributed by atoms with E-state index in [0.29, 0.717) is 28.5 Å². The third-order valence-electron chi connectivity index (χ3n) is 8.79. The highest BCUT2D eigenvalue weighted by Crippen LogP contribution is 2.44. The highest BCUT2D eigenvalue weighted by molar-refractivity contribution is 9.10. The fourth-order valence-electron chi connectivity index (χ4n) is 6.89. The van der Waals surface area contributed by atoms with E-state index in [2.05, 4.69) is 67.4 Å². The lowest BCUT2D eigenvalue weighted by molar-refractivity contribution is 0.453. The SMILES string of the molecule is Cc1ccc2oc(=O)c3c(-c4ccc5c(c4)CN4CN5Cc5cc(Br)ccc54)c(NC4CCCCC4)oc3c2c1. The Morgan fingerprint density at radius 1 is 0.875 bits per heavy atom. The largest absolute Gasteiger partial charge is 0.439 e. The maximum absolute atomic E-state index is 13.5. The van der Waals surface area contributed by atoms with Crippen LogP contribution in [0.15, 0.2) is 72.7 Å². The summed E-state index contributed by atoms with van der Waals surface area (Å²) in [5.41, 5.74) is 8.79. The Balaban J connectivity index is 1.29. The first kappa shape index (κ1) is 24.1. The molecule has 8 rings (SSSR count). The number of rotatable bonds is 3. The number of fused-ring (bicyclic) bond motifs is 9. The van der Waals surface area contributed by atoms with Gasteiger partial charge in [0.1, 0.15) is 11.0 Å². The highest BCUT2D eigenvalue weighted by Gasteiger charge is 2.31. The molecule has 0 saturated heterocycles. The van der Waals surface area contributed by atoms with Crippen LogP contribution in [0.3, 0.4) is 0 Å². The van der Waals surface area contributed by atoms with Crippen molar-refractivity contribution in [1.82, 2.24) is 0 Å². The number of hydrogen-bond donors (Lipinski definition) is 1. The van der Waals surface area contributed by atoms with Gasteiger partial charge in [-0.1, -0.05) is 52.9 Å². The van der Waals surface area contributed by atoms with Crippen LogP contribution in [0.25, 0.3) is 33.1 Å². The van der Waals surface area contributed by atoms with Gasteiger partial charge in [-0.25, -0.2) is 4.79 Å². The van der Waals surface area contributed by atoms with Gasteiger partial charge in [0.25, 0.3) is 0 Å². The van der Waals surface area contributed by atoms with E-state index in [4.69, 9.17) is 8.83 Å². The molecular weight excluding hydrogens is 566 g/mol. The maximum atomic E-state index is 13.5. The van der Waals surface area contributed by atoms with Gasteiger partial charge < -0.3 is 24.0 Å². The lowest BCUT2D eigenvalue weighted by Gasteiger charge is -2.45. The normalized spacial score (nSPS) is 16.9. The topological polar surface area (TPSA) is 61.9 Å². The molecule has 0 spiro atoms.